The number of methoxy groups -OCH3 is 1. The van der Waals surface area contributed by atoms with Crippen molar-refractivity contribution in [1.29, 1.82) is 0 Å². The first-order valence-electron chi connectivity index (χ1n) is 11.7. The Bertz CT molecular complexity index is 1320. The van der Waals surface area contributed by atoms with E-state index in [2.05, 4.69) is 16.4 Å². The topological polar surface area (TPSA) is 88.6 Å². The van der Waals surface area contributed by atoms with Gasteiger partial charge in [0.25, 0.3) is 11.8 Å². The summed E-state index contributed by atoms with van der Waals surface area (Å²) in [6, 6.07) is 14.5. The molecule has 3 aromatic rings. The molecular weight excluding hydrogens is 462 g/mol. The van der Waals surface area contributed by atoms with Gasteiger partial charge in [-0.05, 0) is 55.9 Å². The predicted octanol–water partition coefficient (Wildman–Crippen LogP) is 4.10. The van der Waals surface area contributed by atoms with E-state index in [0.29, 0.717) is 41.7 Å². The number of aryl methyl sites for hydroxylation is 2. The first-order chi connectivity index (χ1) is 16.9. The number of rotatable bonds is 6. The third-order valence-electron chi connectivity index (χ3n) is 6.80. The molecule has 8 heteroatoms. The summed E-state index contributed by atoms with van der Waals surface area (Å²) in [5.74, 6) is 0.0201. The number of benzene rings is 2. The molecule has 35 heavy (non-hydrogen) atoms. The molecule has 2 aromatic carbocycles. The van der Waals surface area contributed by atoms with Crippen LogP contribution in [0.15, 0.2) is 48.5 Å². The highest BCUT2D eigenvalue weighted by Crippen LogP contribution is 2.50. The Kier molecular flexibility index (Phi) is 6.15. The number of thiazole rings is 1. The van der Waals surface area contributed by atoms with Crippen LogP contribution in [0.1, 0.15) is 48.2 Å². The lowest BCUT2D eigenvalue weighted by Crippen LogP contribution is -2.45. The summed E-state index contributed by atoms with van der Waals surface area (Å²) >= 11 is 1.53. The van der Waals surface area contributed by atoms with Crippen molar-refractivity contribution >= 4 is 29.1 Å². The van der Waals surface area contributed by atoms with Crippen LogP contribution in [-0.2, 0) is 4.74 Å². The van der Waals surface area contributed by atoms with Crippen LogP contribution < -0.4 is 5.32 Å². The number of carbonyl (C=O) groups excluding carboxylic acids is 3. The van der Waals surface area contributed by atoms with Crippen LogP contribution in [0, 0.1) is 25.7 Å². The third-order valence-corrected chi connectivity index (χ3v) is 7.82. The summed E-state index contributed by atoms with van der Waals surface area (Å²) in [6.45, 7) is 5.00. The zero-order chi connectivity index (χ0) is 24.7. The Balaban J connectivity index is 1.33. The molecule has 1 aromatic heterocycles. The maximum Gasteiger partial charge on any atom is 0.337 e. The molecule has 2 amide bonds. The SMILES string of the molecule is COC(=O)c1cccc(C(=O)NC[C@@H]2[C@@H]3C[C@@H]3CN2C(=O)c2nc(C)sc2-c2cccc(C)c2)c1. The van der Waals surface area contributed by atoms with E-state index in [4.69, 9.17) is 4.74 Å². The normalized spacial score (nSPS) is 20.3. The molecule has 2 heterocycles. The Labute approximate surface area is 208 Å². The van der Waals surface area contributed by atoms with Crippen LogP contribution in [0.4, 0.5) is 0 Å². The fraction of sp³-hybridized carbons (Fsp3) is 0.333. The van der Waals surface area contributed by atoms with Crippen LogP contribution in [0.5, 0.6) is 0 Å². The number of ether oxygens (including phenoxy) is 1. The Hall–Kier alpha value is -3.52. The van der Waals surface area contributed by atoms with Crippen molar-refractivity contribution in [3.63, 3.8) is 0 Å². The summed E-state index contributed by atoms with van der Waals surface area (Å²) in [6.07, 6.45) is 1.07. The van der Waals surface area contributed by atoms with Gasteiger partial charge in [-0.3, -0.25) is 9.59 Å². The molecule has 1 aliphatic carbocycles. The third kappa shape index (κ3) is 4.58. The van der Waals surface area contributed by atoms with E-state index in [1.807, 2.05) is 36.9 Å². The molecule has 1 N–H and O–H groups in total. The fourth-order valence-electron chi connectivity index (χ4n) is 4.96. The summed E-state index contributed by atoms with van der Waals surface area (Å²) < 4.78 is 4.74. The average molecular weight is 490 g/mol. The molecule has 0 bridgehead atoms. The first kappa shape index (κ1) is 23.2. The van der Waals surface area contributed by atoms with Gasteiger partial charge < -0.3 is 15.0 Å². The van der Waals surface area contributed by atoms with E-state index in [0.717, 1.165) is 27.4 Å². The maximum absolute atomic E-state index is 13.7. The first-order valence-corrected chi connectivity index (χ1v) is 12.5. The fourth-order valence-corrected chi connectivity index (χ4v) is 5.87. The average Bonchev–Trinajstić information content (AvgIpc) is 3.38. The van der Waals surface area contributed by atoms with Gasteiger partial charge in [0.15, 0.2) is 0 Å². The van der Waals surface area contributed by atoms with E-state index >= 15 is 0 Å². The lowest BCUT2D eigenvalue weighted by Gasteiger charge is -2.27. The molecular formula is C27H27N3O4S. The number of piperidine rings is 1. The number of aromatic nitrogens is 1. The highest BCUT2D eigenvalue weighted by atomic mass is 32.1. The zero-order valence-electron chi connectivity index (χ0n) is 19.9. The molecule has 1 saturated carbocycles. The Morgan fingerprint density at radius 1 is 1.11 bits per heavy atom. The van der Waals surface area contributed by atoms with Crippen LogP contribution in [-0.4, -0.2) is 53.9 Å². The Morgan fingerprint density at radius 3 is 2.66 bits per heavy atom. The molecule has 0 spiro atoms. The predicted molar refractivity (Wildman–Crippen MR) is 134 cm³/mol. The van der Waals surface area contributed by atoms with Crippen molar-refractivity contribution in [2.24, 2.45) is 11.8 Å². The number of likely N-dealkylation sites (tertiary alicyclic amines) is 1. The van der Waals surface area contributed by atoms with Gasteiger partial charge in [0.1, 0.15) is 5.69 Å². The number of esters is 1. The highest BCUT2D eigenvalue weighted by molar-refractivity contribution is 7.15. The van der Waals surface area contributed by atoms with E-state index in [1.165, 1.54) is 24.5 Å². The second-order valence-corrected chi connectivity index (χ2v) is 10.5. The van der Waals surface area contributed by atoms with Gasteiger partial charge in [-0.15, -0.1) is 11.3 Å². The number of amides is 2. The van der Waals surface area contributed by atoms with Gasteiger partial charge in [-0.2, -0.15) is 0 Å². The van der Waals surface area contributed by atoms with E-state index in [9.17, 15) is 14.4 Å². The van der Waals surface area contributed by atoms with Crippen molar-refractivity contribution in [3.05, 3.63) is 75.9 Å². The number of nitrogens with one attached hydrogen (secondary N) is 1. The van der Waals surface area contributed by atoms with Crippen molar-refractivity contribution in [2.75, 3.05) is 20.2 Å². The van der Waals surface area contributed by atoms with Gasteiger partial charge in [0.05, 0.1) is 28.6 Å². The molecule has 2 aliphatic rings. The molecule has 5 rings (SSSR count). The van der Waals surface area contributed by atoms with Crippen LogP contribution >= 0.6 is 11.3 Å². The number of carbonyl (C=O) groups is 3. The van der Waals surface area contributed by atoms with Crippen LogP contribution in [0.2, 0.25) is 0 Å². The van der Waals surface area contributed by atoms with Crippen LogP contribution in [0.25, 0.3) is 10.4 Å². The summed E-state index contributed by atoms with van der Waals surface area (Å²) in [7, 11) is 1.31. The van der Waals surface area contributed by atoms with E-state index in [-0.39, 0.29) is 17.9 Å². The lowest BCUT2D eigenvalue weighted by molar-refractivity contribution is 0.0600. The molecule has 2 fully saturated rings. The maximum atomic E-state index is 13.7. The number of nitrogens with zero attached hydrogens (tertiary/aromatic N) is 2. The quantitative estimate of drug-likeness (QED) is 0.527. The summed E-state index contributed by atoms with van der Waals surface area (Å²) in [5, 5.41) is 3.83. The van der Waals surface area contributed by atoms with Gasteiger partial charge in [-0.1, -0.05) is 35.9 Å². The lowest BCUT2D eigenvalue weighted by atomic mass is 10.1. The van der Waals surface area contributed by atoms with Gasteiger partial charge >= 0.3 is 5.97 Å². The minimum absolute atomic E-state index is 0.0763. The minimum Gasteiger partial charge on any atom is -0.465 e. The summed E-state index contributed by atoms with van der Waals surface area (Å²) in [5.41, 5.74) is 3.32. The van der Waals surface area contributed by atoms with Crippen molar-refractivity contribution in [2.45, 2.75) is 26.3 Å². The molecule has 0 radical (unpaired) electrons. The van der Waals surface area contributed by atoms with Crippen LogP contribution in [0.3, 0.4) is 0 Å². The van der Waals surface area contributed by atoms with Gasteiger partial charge in [0, 0.05) is 18.7 Å². The number of fused-ring (bicyclic) bond motifs is 1. The van der Waals surface area contributed by atoms with Crippen molar-refractivity contribution in [1.82, 2.24) is 15.2 Å². The number of hydrogen-bond donors (Lipinski definition) is 1. The number of hydrogen-bond acceptors (Lipinski definition) is 6. The van der Waals surface area contributed by atoms with Gasteiger partial charge in [-0.25, -0.2) is 9.78 Å². The minimum atomic E-state index is -0.490. The second-order valence-electron chi connectivity index (χ2n) is 9.25. The van der Waals surface area contributed by atoms with E-state index in [1.54, 1.807) is 18.2 Å². The van der Waals surface area contributed by atoms with Crippen molar-refractivity contribution < 1.29 is 19.1 Å². The molecule has 0 unspecified atom stereocenters. The highest BCUT2D eigenvalue weighted by Gasteiger charge is 2.54. The second kappa shape index (κ2) is 9.26. The standard InChI is InChI=1S/C27H27N3O4S/c1-15-6-4-7-17(10-15)24-23(29-16(2)35-24)26(32)30-14-20-12-21(20)22(30)13-28-25(31)18-8-5-9-19(11-18)27(33)34-3/h4-11,20-22H,12-14H2,1-3H3,(H,28,31)/t20-,21-,22-/m1/s1. The zero-order valence-corrected chi connectivity index (χ0v) is 20.7. The Morgan fingerprint density at radius 2 is 1.89 bits per heavy atom. The molecule has 3 atom stereocenters. The molecule has 7 nitrogen and oxygen atoms in total. The van der Waals surface area contributed by atoms with Gasteiger partial charge in [0.2, 0.25) is 0 Å². The molecule has 180 valence electrons. The molecule has 1 aliphatic heterocycles. The summed E-state index contributed by atoms with van der Waals surface area (Å²) in [4.78, 5) is 45.7. The largest absolute Gasteiger partial charge is 0.465 e. The smallest absolute Gasteiger partial charge is 0.337 e. The van der Waals surface area contributed by atoms with E-state index < -0.39 is 5.97 Å². The monoisotopic (exact) mass is 489 g/mol. The molecule has 1 saturated heterocycles. The van der Waals surface area contributed by atoms with Crippen molar-refractivity contribution in [3.8, 4) is 10.4 Å².